The molecule has 0 radical (unpaired) electrons. The number of likely N-dealkylation sites (N-methyl/N-ethyl adjacent to an activating group) is 1. The van der Waals surface area contributed by atoms with Crippen LogP contribution in [0.4, 0.5) is 5.69 Å². The van der Waals surface area contributed by atoms with Gasteiger partial charge in [-0.05, 0) is 26.1 Å². The maximum atomic E-state index is 12.1. The first kappa shape index (κ1) is 16.9. The summed E-state index contributed by atoms with van der Waals surface area (Å²) in [7, 11) is 1.88. The Labute approximate surface area is 147 Å². The number of hydrogen-bond donors (Lipinski definition) is 1. The SMILES string of the molecule is Cc1ccc(NC(=O)CN(C)Cc2cc(-c3ccccc3)on2)cc1. The van der Waals surface area contributed by atoms with E-state index >= 15 is 0 Å². The molecular formula is C20H21N3O2. The number of nitrogens with one attached hydrogen (secondary N) is 1. The van der Waals surface area contributed by atoms with Gasteiger partial charge in [-0.15, -0.1) is 0 Å². The minimum Gasteiger partial charge on any atom is -0.356 e. The van der Waals surface area contributed by atoms with Gasteiger partial charge >= 0.3 is 0 Å². The number of aromatic nitrogens is 1. The molecule has 0 spiro atoms. The molecule has 1 aromatic heterocycles. The van der Waals surface area contributed by atoms with Crippen LogP contribution in [-0.4, -0.2) is 29.6 Å². The van der Waals surface area contributed by atoms with E-state index in [2.05, 4.69) is 10.5 Å². The monoisotopic (exact) mass is 335 g/mol. The molecule has 0 atom stereocenters. The fourth-order valence-electron chi connectivity index (χ4n) is 2.54. The van der Waals surface area contributed by atoms with Crippen molar-refractivity contribution in [3.05, 3.63) is 71.9 Å². The third-order valence-electron chi connectivity index (χ3n) is 3.80. The molecule has 0 fully saturated rings. The highest BCUT2D eigenvalue weighted by Crippen LogP contribution is 2.20. The van der Waals surface area contributed by atoms with Gasteiger partial charge in [0.05, 0.1) is 12.2 Å². The minimum absolute atomic E-state index is 0.0573. The van der Waals surface area contributed by atoms with Gasteiger partial charge in [-0.3, -0.25) is 9.69 Å². The number of benzene rings is 2. The number of rotatable bonds is 6. The van der Waals surface area contributed by atoms with Crippen molar-refractivity contribution in [2.24, 2.45) is 0 Å². The summed E-state index contributed by atoms with van der Waals surface area (Å²) < 4.78 is 5.39. The summed E-state index contributed by atoms with van der Waals surface area (Å²) in [5.74, 6) is 0.672. The molecule has 25 heavy (non-hydrogen) atoms. The first-order valence-corrected chi connectivity index (χ1v) is 8.16. The third-order valence-corrected chi connectivity index (χ3v) is 3.80. The van der Waals surface area contributed by atoms with Gasteiger partial charge in [0.1, 0.15) is 0 Å². The topological polar surface area (TPSA) is 58.4 Å². The zero-order valence-electron chi connectivity index (χ0n) is 14.4. The summed E-state index contributed by atoms with van der Waals surface area (Å²) >= 11 is 0. The van der Waals surface area contributed by atoms with Gasteiger partial charge in [-0.25, -0.2) is 0 Å². The molecule has 3 aromatic rings. The Bertz CT molecular complexity index is 826. The first-order chi connectivity index (χ1) is 12.1. The first-order valence-electron chi connectivity index (χ1n) is 8.16. The summed E-state index contributed by atoms with van der Waals surface area (Å²) in [4.78, 5) is 14.0. The second-order valence-corrected chi connectivity index (χ2v) is 6.14. The molecule has 0 aliphatic rings. The predicted octanol–water partition coefficient (Wildman–Crippen LogP) is 3.72. The summed E-state index contributed by atoms with van der Waals surface area (Å²) in [6.45, 7) is 2.83. The van der Waals surface area contributed by atoms with Crippen LogP contribution < -0.4 is 5.32 Å². The van der Waals surface area contributed by atoms with Gasteiger partial charge in [0.25, 0.3) is 0 Å². The van der Waals surface area contributed by atoms with Crippen LogP contribution in [-0.2, 0) is 11.3 Å². The fourth-order valence-corrected chi connectivity index (χ4v) is 2.54. The molecule has 0 saturated carbocycles. The summed E-state index contributed by atoms with van der Waals surface area (Å²) in [6.07, 6.45) is 0. The molecule has 1 N–H and O–H groups in total. The molecular weight excluding hydrogens is 314 g/mol. The molecule has 0 bridgehead atoms. The molecule has 3 rings (SSSR count). The average molecular weight is 335 g/mol. The van der Waals surface area contributed by atoms with Crippen LogP contribution in [0.15, 0.2) is 65.2 Å². The van der Waals surface area contributed by atoms with Crippen molar-refractivity contribution in [1.29, 1.82) is 0 Å². The highest BCUT2D eigenvalue weighted by atomic mass is 16.5. The molecule has 0 saturated heterocycles. The van der Waals surface area contributed by atoms with E-state index in [1.54, 1.807) is 0 Å². The van der Waals surface area contributed by atoms with Crippen molar-refractivity contribution < 1.29 is 9.32 Å². The molecule has 0 aliphatic heterocycles. The number of anilines is 1. The predicted molar refractivity (Wildman–Crippen MR) is 98.1 cm³/mol. The van der Waals surface area contributed by atoms with Gasteiger partial charge in [-0.1, -0.05) is 53.2 Å². The Kier molecular flexibility index (Phi) is 5.26. The highest BCUT2D eigenvalue weighted by Gasteiger charge is 2.11. The van der Waals surface area contributed by atoms with Gasteiger partial charge < -0.3 is 9.84 Å². The summed E-state index contributed by atoms with van der Waals surface area (Å²) in [5, 5.41) is 6.98. The summed E-state index contributed by atoms with van der Waals surface area (Å²) in [6, 6.07) is 19.5. The number of amides is 1. The molecule has 128 valence electrons. The average Bonchev–Trinajstić information content (AvgIpc) is 3.06. The molecule has 2 aromatic carbocycles. The molecule has 0 aliphatic carbocycles. The molecule has 0 unspecified atom stereocenters. The van der Waals surface area contributed by atoms with Crippen molar-refractivity contribution in [1.82, 2.24) is 10.1 Å². The lowest BCUT2D eigenvalue weighted by atomic mass is 10.1. The number of carbonyl (C=O) groups is 1. The standard InChI is InChI=1S/C20H21N3O2/c1-15-8-10-17(11-9-15)21-20(24)14-23(2)13-18-12-19(25-22-18)16-6-4-3-5-7-16/h3-12H,13-14H2,1-2H3,(H,21,24). The number of aryl methyl sites for hydroxylation is 1. The number of hydrogen-bond acceptors (Lipinski definition) is 4. The van der Waals surface area contributed by atoms with Gasteiger partial charge in [-0.2, -0.15) is 0 Å². The van der Waals surface area contributed by atoms with Crippen molar-refractivity contribution >= 4 is 11.6 Å². The van der Waals surface area contributed by atoms with E-state index in [9.17, 15) is 4.79 Å². The van der Waals surface area contributed by atoms with Gasteiger partial charge in [0.2, 0.25) is 5.91 Å². The van der Waals surface area contributed by atoms with E-state index in [0.717, 1.165) is 28.3 Å². The van der Waals surface area contributed by atoms with Crippen LogP contribution >= 0.6 is 0 Å². The number of nitrogens with zero attached hydrogens (tertiary/aromatic N) is 2. The fraction of sp³-hybridized carbons (Fsp3) is 0.200. The molecule has 1 amide bonds. The van der Waals surface area contributed by atoms with E-state index < -0.39 is 0 Å². The Hall–Kier alpha value is -2.92. The van der Waals surface area contributed by atoms with Crippen LogP contribution in [0.5, 0.6) is 0 Å². The lowest BCUT2D eigenvalue weighted by Crippen LogP contribution is -2.29. The highest BCUT2D eigenvalue weighted by molar-refractivity contribution is 5.92. The van der Waals surface area contributed by atoms with E-state index in [1.807, 2.05) is 79.5 Å². The molecule has 5 heteroatoms. The third kappa shape index (κ3) is 4.78. The van der Waals surface area contributed by atoms with Gasteiger partial charge in [0.15, 0.2) is 5.76 Å². The van der Waals surface area contributed by atoms with Crippen molar-refractivity contribution in [3.63, 3.8) is 0 Å². The van der Waals surface area contributed by atoms with E-state index in [-0.39, 0.29) is 12.5 Å². The van der Waals surface area contributed by atoms with E-state index in [0.29, 0.717) is 6.54 Å². The maximum absolute atomic E-state index is 12.1. The maximum Gasteiger partial charge on any atom is 0.238 e. The Morgan fingerprint density at radius 3 is 2.56 bits per heavy atom. The van der Waals surface area contributed by atoms with Crippen LogP contribution in [0.2, 0.25) is 0 Å². The largest absolute Gasteiger partial charge is 0.356 e. The minimum atomic E-state index is -0.0573. The smallest absolute Gasteiger partial charge is 0.238 e. The van der Waals surface area contributed by atoms with Gasteiger partial charge in [0, 0.05) is 23.9 Å². The van der Waals surface area contributed by atoms with Crippen molar-refractivity contribution in [2.45, 2.75) is 13.5 Å². The lowest BCUT2D eigenvalue weighted by molar-refractivity contribution is -0.117. The van der Waals surface area contributed by atoms with Crippen molar-refractivity contribution in [3.8, 4) is 11.3 Å². The van der Waals surface area contributed by atoms with Crippen LogP contribution in [0, 0.1) is 6.92 Å². The van der Waals surface area contributed by atoms with Crippen LogP contribution in [0.25, 0.3) is 11.3 Å². The second kappa shape index (κ2) is 7.77. The number of carbonyl (C=O) groups excluding carboxylic acids is 1. The Balaban J connectivity index is 1.54. The summed E-state index contributed by atoms with van der Waals surface area (Å²) in [5.41, 5.74) is 3.75. The Morgan fingerprint density at radius 2 is 1.84 bits per heavy atom. The second-order valence-electron chi connectivity index (χ2n) is 6.14. The van der Waals surface area contributed by atoms with E-state index in [1.165, 1.54) is 0 Å². The molecule has 1 heterocycles. The van der Waals surface area contributed by atoms with E-state index in [4.69, 9.17) is 4.52 Å². The zero-order chi connectivity index (χ0) is 17.6. The van der Waals surface area contributed by atoms with Crippen molar-refractivity contribution in [2.75, 3.05) is 18.9 Å². The lowest BCUT2D eigenvalue weighted by Gasteiger charge is -2.14. The van der Waals surface area contributed by atoms with Crippen LogP contribution in [0.3, 0.4) is 0 Å². The van der Waals surface area contributed by atoms with Crippen LogP contribution in [0.1, 0.15) is 11.3 Å². The molecule has 5 nitrogen and oxygen atoms in total. The quantitative estimate of drug-likeness (QED) is 0.746. The normalized spacial score (nSPS) is 10.8. The zero-order valence-corrected chi connectivity index (χ0v) is 14.4. The Morgan fingerprint density at radius 1 is 1.12 bits per heavy atom.